The molecule has 104 valence electrons. The zero-order valence-corrected chi connectivity index (χ0v) is 11.1. The van der Waals surface area contributed by atoms with Gasteiger partial charge >= 0.3 is 6.03 Å². The molecule has 0 saturated carbocycles. The molecule has 0 aromatic heterocycles. The van der Waals surface area contributed by atoms with Crippen LogP contribution in [0.2, 0.25) is 0 Å². The third kappa shape index (κ3) is 4.79. The maximum Gasteiger partial charge on any atom is 0.315 e. The molecule has 1 atom stereocenters. The number of aryl methyl sites for hydroxylation is 1. The summed E-state index contributed by atoms with van der Waals surface area (Å²) in [5.41, 5.74) is 1.16. The SMILES string of the molecule is Cc1cccc(OCCNC(=O)NC2CCOC2)c1. The van der Waals surface area contributed by atoms with Crippen LogP contribution in [0.3, 0.4) is 0 Å². The summed E-state index contributed by atoms with van der Waals surface area (Å²) >= 11 is 0. The fourth-order valence-corrected chi connectivity index (χ4v) is 1.92. The molecule has 1 aliphatic heterocycles. The predicted molar refractivity (Wildman–Crippen MR) is 72.4 cm³/mol. The van der Waals surface area contributed by atoms with E-state index in [0.717, 1.165) is 24.3 Å². The van der Waals surface area contributed by atoms with E-state index in [1.54, 1.807) is 0 Å². The van der Waals surface area contributed by atoms with Crippen LogP contribution in [-0.4, -0.2) is 38.4 Å². The molecule has 2 N–H and O–H groups in total. The normalized spacial score (nSPS) is 18.1. The number of ether oxygens (including phenoxy) is 2. The monoisotopic (exact) mass is 264 g/mol. The summed E-state index contributed by atoms with van der Waals surface area (Å²) in [4.78, 5) is 11.5. The molecule has 5 heteroatoms. The van der Waals surface area contributed by atoms with E-state index in [9.17, 15) is 4.79 Å². The minimum atomic E-state index is -0.164. The van der Waals surface area contributed by atoms with Crippen molar-refractivity contribution in [1.82, 2.24) is 10.6 Å². The van der Waals surface area contributed by atoms with Crippen molar-refractivity contribution in [3.8, 4) is 5.75 Å². The smallest absolute Gasteiger partial charge is 0.315 e. The maximum absolute atomic E-state index is 11.5. The molecule has 1 aliphatic rings. The molecule has 2 rings (SSSR count). The van der Waals surface area contributed by atoms with E-state index in [0.29, 0.717) is 19.8 Å². The topological polar surface area (TPSA) is 59.6 Å². The zero-order valence-electron chi connectivity index (χ0n) is 11.1. The molecule has 1 fully saturated rings. The first-order chi connectivity index (χ1) is 9.24. The number of urea groups is 1. The number of hydrogen-bond acceptors (Lipinski definition) is 3. The lowest BCUT2D eigenvalue weighted by Gasteiger charge is -2.12. The summed E-state index contributed by atoms with van der Waals surface area (Å²) in [6.07, 6.45) is 0.882. The van der Waals surface area contributed by atoms with Crippen LogP contribution < -0.4 is 15.4 Å². The number of amides is 2. The quantitative estimate of drug-likeness (QED) is 0.792. The van der Waals surface area contributed by atoms with E-state index in [-0.39, 0.29) is 12.1 Å². The highest BCUT2D eigenvalue weighted by atomic mass is 16.5. The molecule has 1 aromatic carbocycles. The van der Waals surface area contributed by atoms with Gasteiger partial charge in [-0.25, -0.2) is 4.79 Å². The zero-order chi connectivity index (χ0) is 13.5. The average Bonchev–Trinajstić information content (AvgIpc) is 2.87. The van der Waals surface area contributed by atoms with Gasteiger partial charge in [0, 0.05) is 6.61 Å². The number of carbonyl (C=O) groups excluding carboxylic acids is 1. The van der Waals surface area contributed by atoms with Crippen molar-refractivity contribution in [2.75, 3.05) is 26.4 Å². The summed E-state index contributed by atoms with van der Waals surface area (Å²) in [5.74, 6) is 0.825. The van der Waals surface area contributed by atoms with Gasteiger partial charge in [0.25, 0.3) is 0 Å². The van der Waals surface area contributed by atoms with Crippen LogP contribution in [0.5, 0.6) is 5.75 Å². The Labute approximate surface area is 113 Å². The fraction of sp³-hybridized carbons (Fsp3) is 0.500. The second kappa shape index (κ2) is 6.99. The number of carbonyl (C=O) groups is 1. The molecule has 1 aromatic rings. The van der Waals surface area contributed by atoms with Crippen molar-refractivity contribution in [2.24, 2.45) is 0 Å². The van der Waals surface area contributed by atoms with E-state index in [1.165, 1.54) is 0 Å². The summed E-state index contributed by atoms with van der Waals surface area (Å²) in [5, 5.41) is 5.62. The van der Waals surface area contributed by atoms with Crippen LogP contribution in [0.4, 0.5) is 4.79 Å². The number of hydrogen-bond donors (Lipinski definition) is 2. The Kier molecular flexibility index (Phi) is 5.03. The Morgan fingerprint density at radius 2 is 2.42 bits per heavy atom. The second-order valence-electron chi connectivity index (χ2n) is 4.63. The molecule has 1 unspecified atom stereocenters. The van der Waals surface area contributed by atoms with Gasteiger partial charge in [0.1, 0.15) is 12.4 Å². The van der Waals surface area contributed by atoms with Crippen molar-refractivity contribution in [3.05, 3.63) is 29.8 Å². The van der Waals surface area contributed by atoms with Gasteiger partial charge in [0.2, 0.25) is 0 Å². The summed E-state index contributed by atoms with van der Waals surface area (Å²) in [6.45, 7) is 4.28. The third-order valence-corrected chi connectivity index (χ3v) is 2.91. The molecule has 0 bridgehead atoms. The number of nitrogens with one attached hydrogen (secondary N) is 2. The van der Waals surface area contributed by atoms with Crippen molar-refractivity contribution >= 4 is 6.03 Å². The van der Waals surface area contributed by atoms with Crippen LogP contribution in [0.1, 0.15) is 12.0 Å². The van der Waals surface area contributed by atoms with Gasteiger partial charge in [-0.2, -0.15) is 0 Å². The Morgan fingerprint density at radius 1 is 1.53 bits per heavy atom. The predicted octanol–water partition coefficient (Wildman–Crippen LogP) is 1.46. The van der Waals surface area contributed by atoms with Crippen molar-refractivity contribution in [3.63, 3.8) is 0 Å². The van der Waals surface area contributed by atoms with Gasteiger partial charge in [-0.3, -0.25) is 0 Å². The first-order valence-electron chi connectivity index (χ1n) is 6.55. The fourth-order valence-electron chi connectivity index (χ4n) is 1.92. The summed E-state index contributed by atoms with van der Waals surface area (Å²) < 4.78 is 10.7. The minimum absolute atomic E-state index is 0.137. The Morgan fingerprint density at radius 3 is 3.16 bits per heavy atom. The lowest BCUT2D eigenvalue weighted by Crippen LogP contribution is -2.43. The summed E-state index contributed by atoms with van der Waals surface area (Å²) in [7, 11) is 0. The van der Waals surface area contributed by atoms with Crippen molar-refractivity contribution < 1.29 is 14.3 Å². The molecular weight excluding hydrogens is 244 g/mol. The Bertz CT molecular complexity index is 417. The van der Waals surface area contributed by atoms with E-state index in [2.05, 4.69) is 10.6 Å². The van der Waals surface area contributed by atoms with Crippen LogP contribution in [0.15, 0.2) is 24.3 Å². The highest BCUT2D eigenvalue weighted by molar-refractivity contribution is 5.74. The number of benzene rings is 1. The number of rotatable bonds is 5. The average molecular weight is 264 g/mol. The molecule has 5 nitrogen and oxygen atoms in total. The van der Waals surface area contributed by atoms with E-state index in [1.807, 2.05) is 31.2 Å². The standard InChI is InChI=1S/C14H20N2O3/c1-11-3-2-4-13(9-11)19-8-6-15-14(17)16-12-5-7-18-10-12/h2-4,9,12H,5-8,10H2,1H3,(H2,15,16,17). The molecule has 1 saturated heterocycles. The van der Waals surface area contributed by atoms with E-state index in [4.69, 9.17) is 9.47 Å². The van der Waals surface area contributed by atoms with Crippen LogP contribution >= 0.6 is 0 Å². The first kappa shape index (κ1) is 13.7. The molecular formula is C14H20N2O3. The van der Waals surface area contributed by atoms with Gasteiger partial charge in [0.05, 0.1) is 19.2 Å². The summed E-state index contributed by atoms with van der Waals surface area (Å²) in [6, 6.07) is 7.81. The molecule has 0 spiro atoms. The van der Waals surface area contributed by atoms with E-state index >= 15 is 0 Å². The molecule has 0 aliphatic carbocycles. The lowest BCUT2D eigenvalue weighted by atomic mass is 10.2. The van der Waals surface area contributed by atoms with E-state index < -0.39 is 0 Å². The second-order valence-corrected chi connectivity index (χ2v) is 4.63. The highest BCUT2D eigenvalue weighted by Crippen LogP contribution is 2.11. The molecule has 2 amide bonds. The largest absolute Gasteiger partial charge is 0.492 e. The molecule has 19 heavy (non-hydrogen) atoms. The van der Waals surface area contributed by atoms with Gasteiger partial charge in [-0.05, 0) is 31.0 Å². The van der Waals surface area contributed by atoms with Gasteiger partial charge in [0.15, 0.2) is 0 Å². The Hall–Kier alpha value is -1.75. The molecule has 0 radical (unpaired) electrons. The van der Waals surface area contributed by atoms with Gasteiger partial charge in [-0.15, -0.1) is 0 Å². The third-order valence-electron chi connectivity index (χ3n) is 2.91. The maximum atomic E-state index is 11.5. The lowest BCUT2D eigenvalue weighted by molar-refractivity contribution is 0.188. The van der Waals surface area contributed by atoms with Crippen LogP contribution in [0.25, 0.3) is 0 Å². The highest BCUT2D eigenvalue weighted by Gasteiger charge is 2.17. The van der Waals surface area contributed by atoms with Gasteiger partial charge < -0.3 is 20.1 Å². The van der Waals surface area contributed by atoms with Crippen LogP contribution in [0, 0.1) is 6.92 Å². The van der Waals surface area contributed by atoms with Crippen molar-refractivity contribution in [2.45, 2.75) is 19.4 Å². The first-order valence-corrected chi connectivity index (χ1v) is 6.55. The molecule has 1 heterocycles. The van der Waals surface area contributed by atoms with Crippen LogP contribution in [-0.2, 0) is 4.74 Å². The van der Waals surface area contributed by atoms with Crippen molar-refractivity contribution in [1.29, 1.82) is 0 Å². The Balaban J connectivity index is 1.59. The van der Waals surface area contributed by atoms with Gasteiger partial charge in [-0.1, -0.05) is 12.1 Å². The minimum Gasteiger partial charge on any atom is -0.492 e.